The molecule has 28 heavy (non-hydrogen) atoms. The van der Waals surface area contributed by atoms with Crippen LogP contribution in [0.2, 0.25) is 6.55 Å². The summed E-state index contributed by atoms with van der Waals surface area (Å²) in [7, 11) is -3.04. The van der Waals surface area contributed by atoms with Crippen molar-refractivity contribution >= 4 is 31.3 Å². The Kier molecular flexibility index (Phi) is 5.54. The molecule has 1 aliphatic rings. The lowest BCUT2D eigenvalue weighted by atomic mass is 9.89. The van der Waals surface area contributed by atoms with Crippen molar-refractivity contribution in [2.24, 2.45) is 0 Å². The van der Waals surface area contributed by atoms with Gasteiger partial charge in [0.15, 0.2) is 5.78 Å². The summed E-state index contributed by atoms with van der Waals surface area (Å²) < 4.78 is 12.4. The van der Waals surface area contributed by atoms with Gasteiger partial charge in [-0.25, -0.2) is 0 Å². The number of allylic oxidation sites excluding steroid dienone is 1. The molecule has 1 fully saturated rings. The first-order chi connectivity index (χ1) is 13.1. The van der Waals surface area contributed by atoms with Crippen molar-refractivity contribution in [3.05, 3.63) is 71.8 Å². The van der Waals surface area contributed by atoms with Gasteiger partial charge in [-0.05, 0) is 50.2 Å². The number of Topliss-reactive ketones (excluding diaryl/α,β-unsaturated/α-hetero) is 1. The summed E-state index contributed by atoms with van der Waals surface area (Å²) in [6.07, 6.45) is 0. The summed E-state index contributed by atoms with van der Waals surface area (Å²) in [4.78, 5) is 12.9. The van der Waals surface area contributed by atoms with E-state index in [-0.39, 0.29) is 5.78 Å². The van der Waals surface area contributed by atoms with Gasteiger partial charge in [0, 0.05) is 0 Å². The molecule has 0 bridgehead atoms. The standard InChI is InChI=1S/C23H29BO3Si/c1-18(25)21(17-24-26-22(2,3)23(4,5)27-24)28(6,19-13-9-7-10-14-19)20-15-11-8-12-16-20/h7-17H,1-6H3/b21-17+. The van der Waals surface area contributed by atoms with E-state index in [1.165, 1.54) is 10.4 Å². The van der Waals surface area contributed by atoms with Crippen LogP contribution in [0.4, 0.5) is 0 Å². The highest BCUT2D eigenvalue weighted by Gasteiger charge is 2.51. The van der Waals surface area contributed by atoms with Gasteiger partial charge in [-0.15, -0.1) is 0 Å². The molecule has 0 atom stereocenters. The molecule has 0 unspecified atom stereocenters. The first kappa shape index (κ1) is 20.8. The monoisotopic (exact) mass is 392 g/mol. The van der Waals surface area contributed by atoms with Crippen LogP contribution in [0.3, 0.4) is 0 Å². The van der Waals surface area contributed by atoms with E-state index >= 15 is 0 Å². The fourth-order valence-electron chi connectivity index (χ4n) is 3.75. The SMILES string of the molecule is CC(=O)/C(=C\B1OC(C)(C)C(C)(C)O1)[Si](C)(c1ccccc1)c1ccccc1. The zero-order valence-corrected chi connectivity index (χ0v) is 18.7. The number of hydrogen-bond donors (Lipinski definition) is 0. The fourth-order valence-corrected chi connectivity index (χ4v) is 7.60. The van der Waals surface area contributed by atoms with Crippen molar-refractivity contribution in [1.29, 1.82) is 0 Å². The largest absolute Gasteiger partial charge is 0.487 e. The van der Waals surface area contributed by atoms with E-state index in [9.17, 15) is 4.79 Å². The fraction of sp³-hybridized carbons (Fsp3) is 0.348. The zero-order chi connectivity index (χ0) is 20.6. The lowest BCUT2D eigenvalue weighted by Crippen LogP contribution is -2.59. The van der Waals surface area contributed by atoms with Crippen LogP contribution in [-0.2, 0) is 14.1 Å². The second-order valence-electron chi connectivity index (χ2n) is 8.62. The van der Waals surface area contributed by atoms with Crippen molar-refractivity contribution in [2.75, 3.05) is 0 Å². The highest BCUT2D eigenvalue weighted by Crippen LogP contribution is 2.37. The molecule has 2 aromatic carbocycles. The Balaban J connectivity index is 2.15. The van der Waals surface area contributed by atoms with Crippen LogP contribution in [0.5, 0.6) is 0 Å². The first-order valence-corrected chi connectivity index (χ1v) is 12.3. The number of benzene rings is 2. The maximum absolute atomic E-state index is 12.9. The number of ketones is 1. The molecular formula is C23H29BO3Si. The molecule has 3 rings (SSSR count). The van der Waals surface area contributed by atoms with E-state index in [2.05, 4.69) is 30.8 Å². The predicted octanol–water partition coefficient (Wildman–Crippen LogP) is 3.57. The van der Waals surface area contributed by atoms with Crippen LogP contribution in [0.1, 0.15) is 34.6 Å². The lowest BCUT2D eigenvalue weighted by molar-refractivity contribution is -0.113. The minimum atomic E-state index is -2.50. The van der Waals surface area contributed by atoms with Crippen molar-refractivity contribution in [1.82, 2.24) is 0 Å². The molecule has 146 valence electrons. The summed E-state index contributed by atoms with van der Waals surface area (Å²) in [6, 6.07) is 20.7. The maximum Gasteiger partial charge on any atom is 0.487 e. The summed E-state index contributed by atoms with van der Waals surface area (Å²) in [5.41, 5.74) is -0.874. The molecule has 5 heteroatoms. The van der Waals surface area contributed by atoms with E-state index in [4.69, 9.17) is 9.31 Å². The maximum atomic E-state index is 12.9. The van der Waals surface area contributed by atoms with Crippen molar-refractivity contribution in [3.8, 4) is 0 Å². The summed E-state index contributed by atoms with van der Waals surface area (Å²) >= 11 is 0. The molecule has 0 aliphatic carbocycles. The smallest absolute Gasteiger partial charge is 0.400 e. The molecule has 3 nitrogen and oxygen atoms in total. The number of carbonyl (C=O) groups is 1. The molecule has 1 heterocycles. The minimum absolute atomic E-state index is 0.0663. The topological polar surface area (TPSA) is 35.5 Å². The first-order valence-electron chi connectivity index (χ1n) is 9.78. The van der Waals surface area contributed by atoms with Crippen LogP contribution in [-0.4, -0.2) is 32.2 Å². The quantitative estimate of drug-likeness (QED) is 0.577. The molecule has 1 aliphatic heterocycles. The Labute approximate surface area is 169 Å². The highest BCUT2D eigenvalue weighted by molar-refractivity contribution is 7.09. The molecule has 0 saturated carbocycles. The molecule has 1 saturated heterocycles. The average molecular weight is 392 g/mol. The zero-order valence-electron chi connectivity index (χ0n) is 17.7. The lowest BCUT2D eigenvalue weighted by Gasteiger charge is -2.32. The van der Waals surface area contributed by atoms with Crippen LogP contribution in [0.15, 0.2) is 71.8 Å². The van der Waals surface area contributed by atoms with Crippen LogP contribution in [0, 0.1) is 0 Å². The van der Waals surface area contributed by atoms with Gasteiger partial charge in [-0.2, -0.15) is 0 Å². The van der Waals surface area contributed by atoms with Gasteiger partial charge in [0.25, 0.3) is 0 Å². The van der Waals surface area contributed by atoms with E-state index < -0.39 is 26.4 Å². The van der Waals surface area contributed by atoms with Gasteiger partial charge in [-0.1, -0.05) is 73.2 Å². The summed E-state index contributed by atoms with van der Waals surface area (Å²) in [6.45, 7) is 12.0. The second-order valence-corrected chi connectivity index (χ2v) is 12.6. The van der Waals surface area contributed by atoms with Crippen molar-refractivity contribution < 1.29 is 14.1 Å². The van der Waals surface area contributed by atoms with Gasteiger partial charge in [0.1, 0.15) is 8.07 Å². The molecule has 0 N–H and O–H groups in total. The van der Waals surface area contributed by atoms with Gasteiger partial charge in [0.2, 0.25) is 0 Å². The van der Waals surface area contributed by atoms with Crippen LogP contribution < -0.4 is 10.4 Å². The third-order valence-electron chi connectivity index (χ3n) is 6.19. The normalized spacial score (nSPS) is 18.9. The molecule has 0 radical (unpaired) electrons. The van der Waals surface area contributed by atoms with Gasteiger partial charge >= 0.3 is 7.12 Å². The molecule has 0 spiro atoms. The summed E-state index contributed by atoms with van der Waals surface area (Å²) in [5, 5.41) is 3.20. The van der Waals surface area contributed by atoms with Crippen LogP contribution >= 0.6 is 0 Å². The number of carbonyl (C=O) groups excluding carboxylic acids is 1. The molecular weight excluding hydrogens is 363 g/mol. The van der Waals surface area contributed by atoms with Crippen molar-refractivity contribution in [3.63, 3.8) is 0 Å². The Morgan fingerprint density at radius 1 is 0.857 bits per heavy atom. The Hall–Kier alpha value is -1.95. The third kappa shape index (κ3) is 3.67. The Morgan fingerprint density at radius 3 is 1.61 bits per heavy atom. The van der Waals surface area contributed by atoms with E-state index in [0.29, 0.717) is 0 Å². The minimum Gasteiger partial charge on any atom is -0.400 e. The number of hydrogen-bond acceptors (Lipinski definition) is 3. The second kappa shape index (κ2) is 7.47. The van der Waals surface area contributed by atoms with Gasteiger partial charge < -0.3 is 9.31 Å². The van der Waals surface area contributed by atoms with E-state index in [1.807, 2.05) is 70.1 Å². The Bertz CT molecular complexity index is 820. The Morgan fingerprint density at radius 2 is 1.25 bits per heavy atom. The third-order valence-corrected chi connectivity index (χ3v) is 10.8. The molecule has 0 amide bonds. The van der Waals surface area contributed by atoms with E-state index in [0.717, 1.165) is 5.20 Å². The summed E-state index contributed by atoms with van der Waals surface area (Å²) in [5.74, 6) is 1.99. The van der Waals surface area contributed by atoms with Crippen molar-refractivity contribution in [2.45, 2.75) is 52.4 Å². The van der Waals surface area contributed by atoms with Crippen LogP contribution in [0.25, 0.3) is 0 Å². The average Bonchev–Trinajstić information content (AvgIpc) is 2.87. The predicted molar refractivity (Wildman–Crippen MR) is 119 cm³/mol. The van der Waals surface area contributed by atoms with Gasteiger partial charge in [0.05, 0.1) is 11.2 Å². The highest BCUT2D eigenvalue weighted by atomic mass is 28.3. The van der Waals surface area contributed by atoms with E-state index in [1.54, 1.807) is 6.92 Å². The van der Waals surface area contributed by atoms with Gasteiger partial charge in [-0.3, -0.25) is 4.79 Å². The molecule has 0 aromatic heterocycles. The molecule has 2 aromatic rings. The number of rotatable bonds is 5.